The predicted octanol–water partition coefficient (Wildman–Crippen LogP) is 1.84. The summed E-state index contributed by atoms with van der Waals surface area (Å²) in [6, 6.07) is 7.10. The van der Waals surface area contributed by atoms with Crippen LogP contribution in [0.1, 0.15) is 13.3 Å². The highest BCUT2D eigenvalue weighted by molar-refractivity contribution is 6.33. The number of nitrogens with one attached hydrogen (secondary N) is 3. The molecule has 0 unspecified atom stereocenters. The Morgan fingerprint density at radius 1 is 1.29 bits per heavy atom. The molecule has 0 fully saturated rings. The van der Waals surface area contributed by atoms with E-state index in [4.69, 9.17) is 16.3 Å². The molecule has 114 valence electrons. The number of carbonyl (C=O) groups excluding carboxylic acids is 2. The number of benzene rings is 1. The lowest BCUT2D eigenvalue weighted by molar-refractivity contribution is -0.142. The predicted molar refractivity (Wildman–Crippen MR) is 81.6 cm³/mol. The minimum atomic E-state index is -0.404. The number of hydrogen-bond acceptors (Lipinski definition) is 5. The lowest BCUT2D eigenvalue weighted by Crippen LogP contribution is -2.40. The van der Waals surface area contributed by atoms with Gasteiger partial charge in [-0.2, -0.15) is 0 Å². The van der Waals surface area contributed by atoms with Crippen molar-refractivity contribution in [2.45, 2.75) is 13.3 Å². The molecule has 0 aliphatic carbocycles. The van der Waals surface area contributed by atoms with E-state index in [9.17, 15) is 9.59 Å². The van der Waals surface area contributed by atoms with Crippen molar-refractivity contribution in [2.75, 3.05) is 18.5 Å². The number of halogens is 1. The van der Waals surface area contributed by atoms with Gasteiger partial charge >= 0.3 is 5.97 Å². The first-order valence-corrected chi connectivity index (χ1v) is 6.77. The summed E-state index contributed by atoms with van der Waals surface area (Å²) >= 11 is 5.95. The molecule has 1 amide bonds. The highest BCUT2D eigenvalue weighted by Gasteiger charge is 2.06. The van der Waals surface area contributed by atoms with Gasteiger partial charge in [0.25, 0.3) is 5.91 Å². The number of anilines is 1. The summed E-state index contributed by atoms with van der Waals surface area (Å²) in [5.41, 5.74) is 5.99. The molecule has 0 saturated carbocycles. The summed E-state index contributed by atoms with van der Waals surface area (Å²) in [5, 5.41) is 3.42. The molecule has 0 spiro atoms. The van der Waals surface area contributed by atoms with E-state index >= 15 is 0 Å². The first-order valence-electron chi connectivity index (χ1n) is 6.39. The van der Waals surface area contributed by atoms with Gasteiger partial charge in [-0.05, 0) is 19.1 Å². The molecule has 3 N–H and O–H groups in total. The molecule has 0 aromatic heterocycles. The maximum atomic E-state index is 11.6. The van der Waals surface area contributed by atoms with Gasteiger partial charge in [0.1, 0.15) is 0 Å². The van der Waals surface area contributed by atoms with Gasteiger partial charge in [0.15, 0.2) is 0 Å². The number of carbonyl (C=O) groups is 2. The van der Waals surface area contributed by atoms with Gasteiger partial charge in [-0.15, -0.1) is 0 Å². The summed E-state index contributed by atoms with van der Waals surface area (Å²) in [7, 11) is 0. The molecule has 0 radical (unpaired) electrons. The van der Waals surface area contributed by atoms with Crippen LogP contribution in [0.2, 0.25) is 5.02 Å². The van der Waals surface area contributed by atoms with Crippen LogP contribution in [-0.4, -0.2) is 25.0 Å². The highest BCUT2D eigenvalue weighted by Crippen LogP contribution is 2.19. The third-order valence-corrected chi connectivity index (χ3v) is 2.68. The molecule has 0 bridgehead atoms. The molecule has 0 heterocycles. The molecule has 1 aromatic carbocycles. The Morgan fingerprint density at radius 3 is 2.67 bits per heavy atom. The Hall–Kier alpha value is -2.21. The van der Waals surface area contributed by atoms with Crippen LogP contribution in [0.25, 0.3) is 0 Å². The third kappa shape index (κ3) is 6.67. The van der Waals surface area contributed by atoms with E-state index in [1.165, 1.54) is 0 Å². The lowest BCUT2D eigenvalue weighted by atomic mass is 10.3. The van der Waals surface area contributed by atoms with E-state index in [0.29, 0.717) is 23.0 Å². The summed E-state index contributed by atoms with van der Waals surface area (Å²) in [6.45, 7) is 5.67. The zero-order valence-electron chi connectivity index (χ0n) is 11.7. The molecule has 0 saturated heterocycles. The fraction of sp³-hybridized carbons (Fsp3) is 0.286. The van der Waals surface area contributed by atoms with Crippen LogP contribution in [0.3, 0.4) is 0 Å². The topological polar surface area (TPSA) is 79.5 Å². The molecule has 21 heavy (non-hydrogen) atoms. The SMILES string of the molecule is C=C(CC(=O)OCC)NNC(=O)CNc1ccccc1Cl. The van der Waals surface area contributed by atoms with Crippen molar-refractivity contribution in [1.29, 1.82) is 0 Å². The Kier molecular flexibility index (Phi) is 7.11. The number of ether oxygens (including phenoxy) is 1. The van der Waals surface area contributed by atoms with Crippen molar-refractivity contribution in [3.63, 3.8) is 0 Å². The standard InChI is InChI=1S/C14H18ClN3O3/c1-3-21-14(20)8-10(2)17-18-13(19)9-16-12-7-5-4-6-11(12)15/h4-7,16-17H,2-3,8-9H2,1H3,(H,18,19). The molecular formula is C14H18ClN3O3. The Balaban J connectivity index is 2.27. The second-order valence-electron chi connectivity index (χ2n) is 4.09. The second-order valence-corrected chi connectivity index (χ2v) is 4.50. The Labute approximate surface area is 128 Å². The van der Waals surface area contributed by atoms with Gasteiger partial charge in [-0.25, -0.2) is 0 Å². The molecular weight excluding hydrogens is 294 g/mol. The number of amides is 1. The number of esters is 1. The van der Waals surface area contributed by atoms with Gasteiger partial charge in [-0.1, -0.05) is 30.3 Å². The number of hydrazine groups is 1. The van der Waals surface area contributed by atoms with Crippen LogP contribution in [0.4, 0.5) is 5.69 Å². The molecule has 1 aromatic rings. The van der Waals surface area contributed by atoms with Crippen LogP contribution in [-0.2, 0) is 14.3 Å². The van der Waals surface area contributed by atoms with Crippen molar-refractivity contribution < 1.29 is 14.3 Å². The highest BCUT2D eigenvalue weighted by atomic mass is 35.5. The van der Waals surface area contributed by atoms with Crippen molar-refractivity contribution in [2.24, 2.45) is 0 Å². The van der Waals surface area contributed by atoms with Crippen LogP contribution in [0, 0.1) is 0 Å². The van der Waals surface area contributed by atoms with Gasteiger partial charge in [-0.3, -0.25) is 15.0 Å². The molecule has 0 aliphatic heterocycles. The minimum absolute atomic E-state index is 0.00788. The Morgan fingerprint density at radius 2 is 2.00 bits per heavy atom. The maximum Gasteiger partial charge on any atom is 0.311 e. The summed E-state index contributed by atoms with van der Waals surface area (Å²) in [4.78, 5) is 22.8. The maximum absolute atomic E-state index is 11.6. The first kappa shape index (κ1) is 16.8. The second kappa shape index (κ2) is 8.86. The molecule has 0 aliphatic rings. The minimum Gasteiger partial charge on any atom is -0.466 e. The lowest BCUT2D eigenvalue weighted by Gasteiger charge is -2.12. The quantitative estimate of drug-likeness (QED) is 0.504. The average Bonchev–Trinajstić information content (AvgIpc) is 2.44. The summed E-state index contributed by atoms with van der Waals surface area (Å²) < 4.78 is 4.76. The van der Waals surface area contributed by atoms with Crippen molar-refractivity contribution in [3.05, 3.63) is 41.6 Å². The normalized spacial score (nSPS) is 9.62. The number of para-hydroxylation sites is 1. The first-order chi connectivity index (χ1) is 10.0. The monoisotopic (exact) mass is 311 g/mol. The number of rotatable bonds is 8. The zero-order valence-corrected chi connectivity index (χ0v) is 12.5. The van der Waals surface area contributed by atoms with Crippen molar-refractivity contribution in [1.82, 2.24) is 10.9 Å². The van der Waals surface area contributed by atoms with E-state index in [2.05, 4.69) is 22.7 Å². The van der Waals surface area contributed by atoms with E-state index in [0.717, 1.165) is 0 Å². The van der Waals surface area contributed by atoms with Gasteiger partial charge in [0.05, 0.1) is 30.3 Å². The molecule has 0 atom stereocenters. The van der Waals surface area contributed by atoms with Crippen LogP contribution in [0.5, 0.6) is 0 Å². The van der Waals surface area contributed by atoms with Gasteiger partial charge < -0.3 is 15.5 Å². The molecule has 7 heteroatoms. The van der Waals surface area contributed by atoms with Crippen molar-refractivity contribution in [3.8, 4) is 0 Å². The summed E-state index contributed by atoms with van der Waals surface area (Å²) in [5.74, 6) is -0.724. The molecule has 6 nitrogen and oxygen atoms in total. The fourth-order valence-corrected chi connectivity index (χ4v) is 1.62. The average molecular weight is 312 g/mol. The van der Waals surface area contributed by atoms with Crippen molar-refractivity contribution >= 4 is 29.2 Å². The zero-order chi connectivity index (χ0) is 15.7. The van der Waals surface area contributed by atoms with Crippen LogP contribution >= 0.6 is 11.6 Å². The molecule has 1 rings (SSSR count). The summed E-state index contributed by atoms with van der Waals surface area (Å²) in [6.07, 6.45) is -0.00788. The fourth-order valence-electron chi connectivity index (χ4n) is 1.41. The Bertz CT molecular complexity index is 520. The van der Waals surface area contributed by atoms with Gasteiger partial charge in [0, 0.05) is 5.70 Å². The van der Waals surface area contributed by atoms with E-state index in [1.54, 1.807) is 25.1 Å². The van der Waals surface area contributed by atoms with E-state index < -0.39 is 5.97 Å². The largest absolute Gasteiger partial charge is 0.466 e. The van der Waals surface area contributed by atoms with Crippen LogP contribution in [0.15, 0.2) is 36.5 Å². The third-order valence-electron chi connectivity index (χ3n) is 2.36. The van der Waals surface area contributed by atoms with Crippen LogP contribution < -0.4 is 16.2 Å². The van der Waals surface area contributed by atoms with E-state index in [1.807, 2.05) is 6.07 Å². The van der Waals surface area contributed by atoms with Gasteiger partial charge in [0.2, 0.25) is 0 Å². The smallest absolute Gasteiger partial charge is 0.311 e. The number of hydrogen-bond donors (Lipinski definition) is 3. The van der Waals surface area contributed by atoms with E-state index in [-0.39, 0.29) is 18.9 Å².